The summed E-state index contributed by atoms with van der Waals surface area (Å²) in [5, 5.41) is 0.106. The Balaban J connectivity index is 2.59. The maximum Gasteiger partial charge on any atom is 0.355 e. The molecule has 2 rings (SSSR count). The minimum absolute atomic E-state index is 0.0231. The maximum absolute atomic E-state index is 13.9. The normalized spacial score (nSPS) is 14.7. The lowest BCUT2D eigenvalue weighted by atomic mass is 10.1. The highest BCUT2D eigenvalue weighted by molar-refractivity contribution is 9.10. The standard InChI is InChI=1S/C14H12BrClFNO5/c1-21-13(19)8-5-23-6-18(12(8)14(20)22-2)7-3-9(16)11(15)10(17)4-7/h3-4H,5-6H2,1-2H3. The van der Waals surface area contributed by atoms with Crippen LogP contribution in [0, 0.1) is 5.82 Å². The van der Waals surface area contributed by atoms with Crippen molar-refractivity contribution in [1.82, 2.24) is 0 Å². The van der Waals surface area contributed by atoms with Crippen LogP contribution in [-0.2, 0) is 23.8 Å². The first-order valence-electron chi connectivity index (χ1n) is 6.30. The predicted octanol–water partition coefficient (Wildman–Crippen LogP) is 2.64. The summed E-state index contributed by atoms with van der Waals surface area (Å²) in [4.78, 5) is 25.3. The Labute approximate surface area is 144 Å². The zero-order valence-electron chi connectivity index (χ0n) is 12.2. The molecule has 23 heavy (non-hydrogen) atoms. The lowest BCUT2D eigenvalue weighted by Crippen LogP contribution is -2.38. The first kappa shape index (κ1) is 17.7. The van der Waals surface area contributed by atoms with Crippen molar-refractivity contribution in [3.8, 4) is 0 Å². The van der Waals surface area contributed by atoms with Crippen molar-refractivity contribution in [3.05, 3.63) is 38.7 Å². The third kappa shape index (κ3) is 3.49. The molecule has 0 radical (unpaired) electrons. The van der Waals surface area contributed by atoms with E-state index in [1.807, 2.05) is 0 Å². The average molecular weight is 409 g/mol. The van der Waals surface area contributed by atoms with Gasteiger partial charge in [-0.3, -0.25) is 0 Å². The number of rotatable bonds is 3. The van der Waals surface area contributed by atoms with E-state index in [0.717, 1.165) is 6.07 Å². The monoisotopic (exact) mass is 407 g/mol. The van der Waals surface area contributed by atoms with Gasteiger partial charge in [0.25, 0.3) is 0 Å². The fraction of sp³-hybridized carbons (Fsp3) is 0.286. The van der Waals surface area contributed by atoms with Gasteiger partial charge in [0, 0.05) is 5.69 Å². The van der Waals surface area contributed by atoms with Crippen LogP contribution in [0.15, 0.2) is 27.9 Å². The maximum atomic E-state index is 13.9. The van der Waals surface area contributed by atoms with E-state index in [1.54, 1.807) is 0 Å². The van der Waals surface area contributed by atoms with Crippen LogP contribution in [0.1, 0.15) is 0 Å². The van der Waals surface area contributed by atoms with Gasteiger partial charge in [-0.15, -0.1) is 0 Å². The average Bonchev–Trinajstić information content (AvgIpc) is 2.57. The second-order valence-electron chi connectivity index (χ2n) is 4.44. The van der Waals surface area contributed by atoms with E-state index in [1.165, 1.54) is 25.2 Å². The molecule has 0 N–H and O–H groups in total. The van der Waals surface area contributed by atoms with Gasteiger partial charge in [0.05, 0.1) is 35.9 Å². The highest BCUT2D eigenvalue weighted by Gasteiger charge is 2.32. The number of benzene rings is 1. The number of halogens is 3. The van der Waals surface area contributed by atoms with Gasteiger partial charge in [-0.05, 0) is 28.1 Å². The van der Waals surface area contributed by atoms with Crippen LogP contribution in [0.5, 0.6) is 0 Å². The molecule has 1 aromatic carbocycles. The Morgan fingerprint density at radius 2 is 1.96 bits per heavy atom. The largest absolute Gasteiger partial charge is 0.466 e. The van der Waals surface area contributed by atoms with E-state index in [-0.39, 0.29) is 39.8 Å². The lowest BCUT2D eigenvalue weighted by molar-refractivity contribution is -0.140. The van der Waals surface area contributed by atoms with Crippen molar-refractivity contribution < 1.29 is 28.2 Å². The molecule has 0 aliphatic carbocycles. The van der Waals surface area contributed by atoms with Crippen molar-refractivity contribution in [1.29, 1.82) is 0 Å². The van der Waals surface area contributed by atoms with E-state index in [4.69, 9.17) is 21.1 Å². The Morgan fingerprint density at radius 1 is 1.30 bits per heavy atom. The summed E-state index contributed by atoms with van der Waals surface area (Å²) in [6.07, 6.45) is 0. The van der Waals surface area contributed by atoms with Gasteiger partial charge in [0.1, 0.15) is 18.2 Å². The van der Waals surface area contributed by atoms with Gasteiger partial charge in [-0.1, -0.05) is 11.6 Å². The molecule has 0 aromatic heterocycles. The minimum Gasteiger partial charge on any atom is -0.466 e. The van der Waals surface area contributed by atoms with Crippen molar-refractivity contribution in [2.75, 3.05) is 32.5 Å². The van der Waals surface area contributed by atoms with Crippen LogP contribution in [-0.4, -0.2) is 39.5 Å². The summed E-state index contributed by atoms with van der Waals surface area (Å²) in [7, 11) is 2.35. The van der Waals surface area contributed by atoms with Crippen LogP contribution in [0.4, 0.5) is 10.1 Å². The molecule has 0 saturated heterocycles. The van der Waals surface area contributed by atoms with E-state index in [2.05, 4.69) is 20.7 Å². The zero-order chi connectivity index (χ0) is 17.1. The minimum atomic E-state index is -0.770. The number of carbonyl (C=O) groups excluding carboxylic acids is 2. The Kier molecular flexibility index (Phi) is 5.61. The highest BCUT2D eigenvalue weighted by atomic mass is 79.9. The van der Waals surface area contributed by atoms with Crippen LogP contribution in [0.3, 0.4) is 0 Å². The van der Waals surface area contributed by atoms with Gasteiger partial charge in [-0.25, -0.2) is 14.0 Å². The summed E-state index contributed by atoms with van der Waals surface area (Å²) in [5.41, 5.74) is 0.130. The number of hydrogen-bond donors (Lipinski definition) is 0. The molecule has 0 saturated carbocycles. The quantitative estimate of drug-likeness (QED) is 0.566. The fourth-order valence-corrected chi connectivity index (χ4v) is 2.48. The first-order chi connectivity index (χ1) is 10.9. The summed E-state index contributed by atoms with van der Waals surface area (Å²) in [5.74, 6) is -2.13. The van der Waals surface area contributed by atoms with Gasteiger partial charge >= 0.3 is 11.9 Å². The number of nitrogens with zero attached hydrogens (tertiary/aromatic N) is 1. The van der Waals surface area contributed by atoms with Crippen molar-refractivity contribution in [2.45, 2.75) is 0 Å². The predicted molar refractivity (Wildman–Crippen MR) is 83.5 cm³/mol. The molecule has 0 spiro atoms. The van der Waals surface area contributed by atoms with Crippen LogP contribution < -0.4 is 4.90 Å². The number of carbonyl (C=O) groups is 2. The molecule has 1 aliphatic rings. The Morgan fingerprint density at radius 3 is 2.52 bits per heavy atom. The molecule has 9 heteroatoms. The van der Waals surface area contributed by atoms with Crippen molar-refractivity contribution in [3.63, 3.8) is 0 Å². The molecule has 0 fully saturated rings. The molecule has 0 amide bonds. The molecule has 1 aromatic rings. The fourth-order valence-electron chi connectivity index (χ4n) is 2.05. The van der Waals surface area contributed by atoms with E-state index in [0.29, 0.717) is 0 Å². The van der Waals surface area contributed by atoms with Crippen LogP contribution in [0.25, 0.3) is 0 Å². The molecular formula is C14H12BrClFNO5. The molecule has 1 aliphatic heterocycles. The number of anilines is 1. The third-order valence-corrected chi connectivity index (χ3v) is 4.45. The molecule has 124 valence electrons. The number of esters is 2. The molecule has 6 nitrogen and oxygen atoms in total. The molecule has 0 bridgehead atoms. The topological polar surface area (TPSA) is 65.1 Å². The van der Waals surface area contributed by atoms with E-state index < -0.39 is 17.8 Å². The smallest absolute Gasteiger partial charge is 0.355 e. The summed E-state index contributed by atoms with van der Waals surface area (Å²) in [6.45, 7) is -0.206. The third-order valence-electron chi connectivity index (χ3n) is 3.11. The lowest BCUT2D eigenvalue weighted by Gasteiger charge is -2.31. The summed E-state index contributed by atoms with van der Waals surface area (Å²) < 4.78 is 28.6. The van der Waals surface area contributed by atoms with Crippen LogP contribution >= 0.6 is 27.5 Å². The summed E-state index contributed by atoms with van der Waals surface area (Å²) >= 11 is 8.95. The number of methoxy groups -OCH3 is 2. The SMILES string of the molecule is COC(=O)C1=C(C(=O)OC)N(c2cc(F)c(Br)c(Cl)c2)COC1. The van der Waals surface area contributed by atoms with Gasteiger partial charge in [0.15, 0.2) is 0 Å². The van der Waals surface area contributed by atoms with Crippen molar-refractivity contribution >= 4 is 45.2 Å². The second-order valence-corrected chi connectivity index (χ2v) is 5.64. The number of ether oxygens (including phenoxy) is 3. The molecule has 0 atom stereocenters. The molecule has 1 heterocycles. The van der Waals surface area contributed by atoms with E-state index >= 15 is 0 Å². The van der Waals surface area contributed by atoms with Crippen molar-refractivity contribution in [2.24, 2.45) is 0 Å². The number of hydrogen-bond acceptors (Lipinski definition) is 6. The molecular weight excluding hydrogens is 397 g/mol. The second kappa shape index (κ2) is 7.29. The highest BCUT2D eigenvalue weighted by Crippen LogP contribution is 2.34. The van der Waals surface area contributed by atoms with E-state index in [9.17, 15) is 14.0 Å². The summed E-state index contributed by atoms with van der Waals surface area (Å²) in [6, 6.07) is 2.59. The molecule has 0 unspecified atom stereocenters. The van der Waals surface area contributed by atoms with Gasteiger partial charge in [0.2, 0.25) is 0 Å². The van der Waals surface area contributed by atoms with Gasteiger partial charge in [-0.2, -0.15) is 0 Å². The van der Waals surface area contributed by atoms with Crippen LogP contribution in [0.2, 0.25) is 5.02 Å². The van der Waals surface area contributed by atoms with Gasteiger partial charge < -0.3 is 19.1 Å². The Bertz CT molecular complexity index is 671. The Hall–Kier alpha value is -1.64. The first-order valence-corrected chi connectivity index (χ1v) is 7.47. The zero-order valence-corrected chi connectivity index (χ0v) is 14.5.